The van der Waals surface area contributed by atoms with Crippen LogP contribution < -0.4 is 10.1 Å². The number of methoxy groups -OCH3 is 1. The van der Waals surface area contributed by atoms with E-state index in [2.05, 4.69) is 42.9 Å². The molecule has 0 aliphatic carbocycles. The highest BCUT2D eigenvalue weighted by Gasteiger charge is 2.30. The van der Waals surface area contributed by atoms with Crippen molar-refractivity contribution in [2.75, 3.05) is 20.2 Å². The van der Waals surface area contributed by atoms with Crippen molar-refractivity contribution in [2.24, 2.45) is 0 Å². The Morgan fingerprint density at radius 1 is 1.45 bits per heavy atom. The maximum Gasteiger partial charge on any atom is 0.128 e. The number of piperazine rings is 1. The third kappa shape index (κ3) is 3.13. The first-order valence-corrected chi connectivity index (χ1v) is 7.32. The van der Waals surface area contributed by atoms with Crippen LogP contribution in [0.5, 0.6) is 5.75 Å². The van der Waals surface area contributed by atoms with Crippen LogP contribution in [0.25, 0.3) is 0 Å². The first-order valence-electron chi connectivity index (χ1n) is 7.32. The maximum absolute atomic E-state index is 5.50. The number of hydrogen-bond donors (Lipinski definition) is 1. The van der Waals surface area contributed by atoms with E-state index in [0.29, 0.717) is 6.04 Å². The lowest BCUT2D eigenvalue weighted by atomic mass is 9.98. The third-order valence-corrected chi connectivity index (χ3v) is 4.20. The number of nitrogens with zero attached hydrogens (tertiary/aromatic N) is 2. The van der Waals surface area contributed by atoms with Crippen LogP contribution in [0.3, 0.4) is 0 Å². The van der Waals surface area contributed by atoms with E-state index in [1.54, 1.807) is 7.11 Å². The zero-order valence-electron chi connectivity index (χ0n) is 13.6. The molecule has 0 spiro atoms. The topological polar surface area (TPSA) is 37.4 Å². The lowest BCUT2D eigenvalue weighted by Crippen LogP contribution is -2.60. The van der Waals surface area contributed by atoms with E-state index in [9.17, 15) is 0 Å². The largest absolute Gasteiger partial charge is 0.496 e. The lowest BCUT2D eigenvalue weighted by Gasteiger charge is -2.43. The highest BCUT2D eigenvalue weighted by Crippen LogP contribution is 2.26. The number of aromatic nitrogens is 1. The summed E-state index contributed by atoms with van der Waals surface area (Å²) in [7, 11) is 1.73. The molecule has 1 N–H and O–H groups in total. The van der Waals surface area contributed by atoms with Crippen molar-refractivity contribution < 1.29 is 4.74 Å². The van der Waals surface area contributed by atoms with Crippen molar-refractivity contribution >= 4 is 0 Å². The molecule has 1 aliphatic heterocycles. The maximum atomic E-state index is 5.50. The van der Waals surface area contributed by atoms with Crippen LogP contribution >= 0.6 is 0 Å². The van der Waals surface area contributed by atoms with Crippen molar-refractivity contribution in [1.29, 1.82) is 0 Å². The van der Waals surface area contributed by atoms with Crippen molar-refractivity contribution in [3.8, 4) is 5.75 Å². The van der Waals surface area contributed by atoms with E-state index in [1.165, 1.54) is 0 Å². The Morgan fingerprint density at radius 2 is 2.15 bits per heavy atom. The lowest BCUT2D eigenvalue weighted by molar-refractivity contribution is 0.0962. The molecule has 0 amide bonds. The van der Waals surface area contributed by atoms with Gasteiger partial charge in [-0.05, 0) is 34.6 Å². The minimum absolute atomic E-state index is 0.162. The van der Waals surface area contributed by atoms with Crippen LogP contribution in [0.2, 0.25) is 0 Å². The van der Waals surface area contributed by atoms with Gasteiger partial charge >= 0.3 is 0 Å². The van der Waals surface area contributed by atoms with Gasteiger partial charge < -0.3 is 10.1 Å². The van der Waals surface area contributed by atoms with Gasteiger partial charge in [0.15, 0.2) is 0 Å². The Morgan fingerprint density at radius 3 is 2.80 bits per heavy atom. The van der Waals surface area contributed by atoms with Crippen LogP contribution in [0.15, 0.2) is 6.20 Å². The van der Waals surface area contributed by atoms with Gasteiger partial charge in [-0.15, -0.1) is 0 Å². The Labute approximate surface area is 122 Å². The second kappa shape index (κ2) is 5.70. The average molecular weight is 277 g/mol. The summed E-state index contributed by atoms with van der Waals surface area (Å²) in [4.78, 5) is 7.12. The number of ether oxygens (including phenoxy) is 1. The summed E-state index contributed by atoms with van der Waals surface area (Å²) in [6.45, 7) is 13.9. The SMILES string of the molecule is COc1c(C)cnc(CN2CC(C)(C)NCC2C)c1C. The number of aryl methyl sites for hydroxylation is 1. The molecular formula is C16H27N3O. The van der Waals surface area contributed by atoms with Gasteiger partial charge in [0.05, 0.1) is 12.8 Å². The van der Waals surface area contributed by atoms with E-state index in [1.807, 2.05) is 13.1 Å². The molecule has 4 nitrogen and oxygen atoms in total. The fourth-order valence-corrected chi connectivity index (χ4v) is 2.91. The summed E-state index contributed by atoms with van der Waals surface area (Å²) in [6.07, 6.45) is 1.92. The molecule has 112 valence electrons. The highest BCUT2D eigenvalue weighted by molar-refractivity contribution is 5.41. The molecule has 2 heterocycles. The normalized spacial score (nSPS) is 22.8. The van der Waals surface area contributed by atoms with E-state index >= 15 is 0 Å². The number of hydrogen-bond acceptors (Lipinski definition) is 4. The first kappa shape index (κ1) is 15.3. The minimum Gasteiger partial charge on any atom is -0.496 e. The Kier molecular flexibility index (Phi) is 4.35. The van der Waals surface area contributed by atoms with Crippen molar-refractivity contribution in [3.05, 3.63) is 23.0 Å². The van der Waals surface area contributed by atoms with Gasteiger partial charge in [-0.2, -0.15) is 0 Å². The standard InChI is InChI=1S/C16H27N3O/c1-11-7-17-14(13(3)15(11)20-6)9-19-10-16(4,5)18-8-12(19)2/h7,12,18H,8-10H2,1-6H3. The molecule has 1 aromatic rings. The molecule has 1 atom stereocenters. The van der Waals surface area contributed by atoms with Crippen molar-refractivity contribution in [1.82, 2.24) is 15.2 Å². The highest BCUT2D eigenvalue weighted by atomic mass is 16.5. The molecule has 0 bridgehead atoms. The zero-order valence-corrected chi connectivity index (χ0v) is 13.6. The van der Waals surface area contributed by atoms with Gasteiger partial charge in [-0.1, -0.05) is 0 Å². The molecule has 0 radical (unpaired) electrons. The predicted molar refractivity (Wildman–Crippen MR) is 82.2 cm³/mol. The summed E-state index contributed by atoms with van der Waals surface area (Å²) >= 11 is 0. The van der Waals surface area contributed by atoms with Crippen molar-refractivity contribution in [3.63, 3.8) is 0 Å². The first-order chi connectivity index (χ1) is 9.34. The molecule has 20 heavy (non-hydrogen) atoms. The summed E-state index contributed by atoms with van der Waals surface area (Å²) in [5.74, 6) is 0.969. The van der Waals surface area contributed by atoms with Gasteiger partial charge in [0.1, 0.15) is 5.75 Å². The quantitative estimate of drug-likeness (QED) is 0.920. The second-order valence-electron chi connectivity index (χ2n) is 6.56. The molecule has 1 aliphatic rings. The van der Waals surface area contributed by atoms with E-state index in [0.717, 1.165) is 42.2 Å². The van der Waals surface area contributed by atoms with Crippen LogP contribution in [-0.4, -0.2) is 41.7 Å². The monoisotopic (exact) mass is 277 g/mol. The molecular weight excluding hydrogens is 250 g/mol. The van der Waals surface area contributed by atoms with E-state index in [4.69, 9.17) is 4.74 Å². The van der Waals surface area contributed by atoms with Crippen LogP contribution in [0.1, 0.15) is 37.6 Å². The molecule has 1 saturated heterocycles. The zero-order chi connectivity index (χ0) is 14.9. The summed E-state index contributed by atoms with van der Waals surface area (Å²) in [5.41, 5.74) is 3.55. The predicted octanol–water partition coefficient (Wildman–Crippen LogP) is 2.28. The van der Waals surface area contributed by atoms with Gasteiger partial charge in [0.2, 0.25) is 0 Å². The van der Waals surface area contributed by atoms with Gasteiger partial charge in [-0.25, -0.2) is 0 Å². The molecule has 1 unspecified atom stereocenters. The smallest absolute Gasteiger partial charge is 0.128 e. The van der Waals surface area contributed by atoms with Crippen LogP contribution in [0, 0.1) is 13.8 Å². The molecule has 1 aromatic heterocycles. The summed E-state index contributed by atoms with van der Waals surface area (Å²) in [5, 5.41) is 3.58. The fourth-order valence-electron chi connectivity index (χ4n) is 2.91. The van der Waals surface area contributed by atoms with Crippen LogP contribution in [0.4, 0.5) is 0 Å². The molecule has 0 saturated carbocycles. The van der Waals surface area contributed by atoms with Crippen molar-refractivity contribution in [2.45, 2.75) is 52.7 Å². The molecule has 1 fully saturated rings. The molecule has 0 aromatic carbocycles. The second-order valence-corrected chi connectivity index (χ2v) is 6.56. The number of rotatable bonds is 3. The fraction of sp³-hybridized carbons (Fsp3) is 0.688. The molecule has 4 heteroatoms. The third-order valence-electron chi connectivity index (χ3n) is 4.20. The summed E-state index contributed by atoms with van der Waals surface area (Å²) in [6, 6.07) is 0.525. The number of nitrogens with one attached hydrogen (secondary N) is 1. The minimum atomic E-state index is 0.162. The average Bonchev–Trinajstić information content (AvgIpc) is 2.37. The Balaban J connectivity index is 2.21. The summed E-state index contributed by atoms with van der Waals surface area (Å²) < 4.78 is 5.50. The van der Waals surface area contributed by atoms with Gasteiger partial charge in [0, 0.05) is 48.5 Å². The van der Waals surface area contributed by atoms with Gasteiger partial charge in [0.25, 0.3) is 0 Å². The molecule has 2 rings (SSSR count). The van der Waals surface area contributed by atoms with E-state index in [-0.39, 0.29) is 5.54 Å². The Bertz CT molecular complexity index is 485. The Hall–Kier alpha value is -1.13. The van der Waals surface area contributed by atoms with E-state index < -0.39 is 0 Å². The van der Waals surface area contributed by atoms with Crippen LogP contribution in [-0.2, 0) is 6.54 Å². The number of pyridine rings is 1. The van der Waals surface area contributed by atoms with Gasteiger partial charge in [-0.3, -0.25) is 9.88 Å².